The van der Waals surface area contributed by atoms with E-state index in [1.807, 2.05) is 13.0 Å². The minimum absolute atomic E-state index is 0.151. The first kappa shape index (κ1) is 14.8. The van der Waals surface area contributed by atoms with Crippen molar-refractivity contribution < 1.29 is 4.92 Å². The van der Waals surface area contributed by atoms with E-state index in [9.17, 15) is 10.1 Å². The number of nitrogens with zero attached hydrogens (tertiary/aromatic N) is 1. The van der Waals surface area contributed by atoms with Gasteiger partial charge in [0, 0.05) is 18.7 Å². The molecule has 20 heavy (non-hydrogen) atoms. The van der Waals surface area contributed by atoms with Crippen LogP contribution >= 0.6 is 0 Å². The molecule has 1 fully saturated rings. The summed E-state index contributed by atoms with van der Waals surface area (Å²) in [5, 5.41) is 17.9. The van der Waals surface area contributed by atoms with Gasteiger partial charge in [-0.1, -0.05) is 19.9 Å². The van der Waals surface area contributed by atoms with E-state index < -0.39 is 0 Å². The van der Waals surface area contributed by atoms with E-state index in [0.717, 1.165) is 12.1 Å². The summed E-state index contributed by atoms with van der Waals surface area (Å²) in [7, 11) is 0. The molecule has 1 atom stereocenters. The standard InChI is InChI=1S/C15H23N3O2/c1-11-5-6-12(13(9-11)18(19)20)17-10-14-15(2,3)7-4-8-16-14/h5-6,9,14,16-17H,4,7-8,10H2,1-3H3. The normalized spacial score (nSPS) is 21.4. The van der Waals surface area contributed by atoms with Gasteiger partial charge < -0.3 is 10.6 Å². The van der Waals surface area contributed by atoms with E-state index in [1.54, 1.807) is 12.1 Å². The molecule has 2 N–H and O–H groups in total. The van der Waals surface area contributed by atoms with Gasteiger partial charge in [-0.15, -0.1) is 0 Å². The maximum absolute atomic E-state index is 11.1. The molecule has 1 aliphatic rings. The first-order valence-corrected chi connectivity index (χ1v) is 7.12. The Morgan fingerprint density at radius 2 is 2.25 bits per heavy atom. The van der Waals surface area contributed by atoms with Crippen LogP contribution in [-0.2, 0) is 0 Å². The molecule has 0 radical (unpaired) electrons. The van der Waals surface area contributed by atoms with Crippen LogP contribution in [0.5, 0.6) is 0 Å². The zero-order valence-corrected chi connectivity index (χ0v) is 12.4. The minimum Gasteiger partial charge on any atom is -0.378 e. The third-order valence-electron chi connectivity index (χ3n) is 4.18. The van der Waals surface area contributed by atoms with Crippen molar-refractivity contribution in [1.29, 1.82) is 0 Å². The van der Waals surface area contributed by atoms with Gasteiger partial charge in [-0.25, -0.2) is 0 Å². The third kappa shape index (κ3) is 3.28. The van der Waals surface area contributed by atoms with Crippen LogP contribution in [0, 0.1) is 22.5 Å². The van der Waals surface area contributed by atoms with Crippen LogP contribution in [0.1, 0.15) is 32.3 Å². The van der Waals surface area contributed by atoms with Crippen LogP contribution < -0.4 is 10.6 Å². The largest absolute Gasteiger partial charge is 0.378 e. The number of nitro benzene ring substituents is 1. The molecule has 0 saturated carbocycles. The molecule has 5 nitrogen and oxygen atoms in total. The SMILES string of the molecule is Cc1ccc(NCC2NCCCC2(C)C)c([N+](=O)[O-])c1. The number of piperidine rings is 1. The third-order valence-corrected chi connectivity index (χ3v) is 4.18. The zero-order valence-electron chi connectivity index (χ0n) is 12.4. The topological polar surface area (TPSA) is 67.2 Å². The van der Waals surface area contributed by atoms with Gasteiger partial charge in [0.2, 0.25) is 0 Å². The highest BCUT2D eigenvalue weighted by molar-refractivity contribution is 5.62. The Labute approximate surface area is 119 Å². The Morgan fingerprint density at radius 1 is 1.50 bits per heavy atom. The van der Waals surface area contributed by atoms with Crippen molar-refractivity contribution in [3.63, 3.8) is 0 Å². The molecular formula is C15H23N3O2. The van der Waals surface area contributed by atoms with Crippen molar-refractivity contribution in [2.24, 2.45) is 5.41 Å². The molecule has 0 aliphatic carbocycles. The molecule has 0 amide bonds. The van der Waals surface area contributed by atoms with Gasteiger partial charge in [-0.2, -0.15) is 0 Å². The van der Waals surface area contributed by atoms with Gasteiger partial charge in [0.1, 0.15) is 5.69 Å². The highest BCUT2D eigenvalue weighted by Gasteiger charge is 2.31. The average Bonchev–Trinajstić information content (AvgIpc) is 2.38. The van der Waals surface area contributed by atoms with Crippen LogP contribution in [0.15, 0.2) is 18.2 Å². The van der Waals surface area contributed by atoms with Crippen molar-refractivity contribution in [2.75, 3.05) is 18.4 Å². The van der Waals surface area contributed by atoms with Crippen LogP contribution in [0.3, 0.4) is 0 Å². The summed E-state index contributed by atoms with van der Waals surface area (Å²) in [5.41, 5.74) is 1.87. The van der Waals surface area contributed by atoms with Crippen LogP contribution in [0.25, 0.3) is 0 Å². The highest BCUT2D eigenvalue weighted by atomic mass is 16.6. The second-order valence-corrected chi connectivity index (χ2v) is 6.26. The molecule has 2 rings (SSSR count). The fraction of sp³-hybridized carbons (Fsp3) is 0.600. The predicted octanol–water partition coefficient (Wildman–Crippen LogP) is 3.09. The molecule has 0 aromatic heterocycles. The summed E-state index contributed by atoms with van der Waals surface area (Å²) in [6.07, 6.45) is 2.37. The Kier molecular flexibility index (Phi) is 4.28. The summed E-state index contributed by atoms with van der Waals surface area (Å²) < 4.78 is 0. The van der Waals surface area contributed by atoms with E-state index in [-0.39, 0.29) is 16.0 Å². The van der Waals surface area contributed by atoms with Gasteiger partial charge in [-0.3, -0.25) is 10.1 Å². The maximum Gasteiger partial charge on any atom is 0.292 e. The molecule has 0 spiro atoms. The number of benzene rings is 1. The number of hydrogen-bond donors (Lipinski definition) is 2. The Balaban J connectivity index is 2.09. The number of nitro groups is 1. The first-order valence-electron chi connectivity index (χ1n) is 7.12. The fourth-order valence-electron chi connectivity index (χ4n) is 2.77. The van der Waals surface area contributed by atoms with Gasteiger partial charge in [0.05, 0.1) is 4.92 Å². The minimum atomic E-state index is -0.325. The quantitative estimate of drug-likeness (QED) is 0.655. The van der Waals surface area contributed by atoms with E-state index in [0.29, 0.717) is 18.3 Å². The smallest absolute Gasteiger partial charge is 0.292 e. The molecular weight excluding hydrogens is 254 g/mol. The number of rotatable bonds is 4. The van der Waals surface area contributed by atoms with Gasteiger partial charge in [0.15, 0.2) is 0 Å². The lowest BCUT2D eigenvalue weighted by Gasteiger charge is -2.39. The summed E-state index contributed by atoms with van der Waals surface area (Å²) in [6.45, 7) is 8.08. The molecule has 110 valence electrons. The molecule has 1 saturated heterocycles. The zero-order chi connectivity index (χ0) is 14.8. The fourth-order valence-corrected chi connectivity index (χ4v) is 2.77. The average molecular weight is 277 g/mol. The van der Waals surface area contributed by atoms with E-state index in [1.165, 1.54) is 12.8 Å². The molecule has 1 aromatic rings. The van der Waals surface area contributed by atoms with E-state index in [4.69, 9.17) is 0 Å². The van der Waals surface area contributed by atoms with Crippen molar-refractivity contribution >= 4 is 11.4 Å². The number of nitrogens with one attached hydrogen (secondary N) is 2. The molecule has 0 bridgehead atoms. The van der Waals surface area contributed by atoms with Crippen LogP contribution in [0.2, 0.25) is 0 Å². The van der Waals surface area contributed by atoms with E-state index in [2.05, 4.69) is 24.5 Å². The van der Waals surface area contributed by atoms with Gasteiger partial charge >= 0.3 is 0 Å². The van der Waals surface area contributed by atoms with Crippen molar-refractivity contribution in [2.45, 2.75) is 39.7 Å². The maximum atomic E-state index is 11.1. The molecule has 1 heterocycles. The van der Waals surface area contributed by atoms with Crippen LogP contribution in [-0.4, -0.2) is 24.1 Å². The lowest BCUT2D eigenvalue weighted by Crippen LogP contribution is -2.50. The lowest BCUT2D eigenvalue weighted by molar-refractivity contribution is -0.384. The van der Waals surface area contributed by atoms with Crippen molar-refractivity contribution in [3.05, 3.63) is 33.9 Å². The monoisotopic (exact) mass is 277 g/mol. The second-order valence-electron chi connectivity index (χ2n) is 6.26. The second kappa shape index (κ2) is 5.79. The van der Waals surface area contributed by atoms with Crippen LogP contribution in [0.4, 0.5) is 11.4 Å². The Morgan fingerprint density at radius 3 is 2.90 bits per heavy atom. The molecule has 1 aliphatic heterocycles. The summed E-state index contributed by atoms with van der Waals surface area (Å²) in [4.78, 5) is 10.8. The Hall–Kier alpha value is -1.62. The van der Waals surface area contributed by atoms with Crippen molar-refractivity contribution in [3.8, 4) is 0 Å². The first-order chi connectivity index (χ1) is 9.40. The van der Waals surface area contributed by atoms with Gasteiger partial charge in [0.25, 0.3) is 5.69 Å². The van der Waals surface area contributed by atoms with E-state index >= 15 is 0 Å². The summed E-state index contributed by atoms with van der Waals surface area (Å²) in [6, 6.07) is 5.64. The van der Waals surface area contributed by atoms with Crippen molar-refractivity contribution in [1.82, 2.24) is 5.32 Å². The number of aryl methyl sites for hydroxylation is 1. The highest BCUT2D eigenvalue weighted by Crippen LogP contribution is 2.31. The number of hydrogen-bond acceptors (Lipinski definition) is 4. The lowest BCUT2D eigenvalue weighted by atomic mass is 9.77. The predicted molar refractivity (Wildman–Crippen MR) is 81.1 cm³/mol. The molecule has 5 heteroatoms. The molecule has 1 aromatic carbocycles. The van der Waals surface area contributed by atoms with Gasteiger partial charge in [-0.05, 0) is 43.4 Å². The molecule has 1 unspecified atom stereocenters. The summed E-state index contributed by atoms with van der Waals surface area (Å²) >= 11 is 0. The summed E-state index contributed by atoms with van der Waals surface area (Å²) in [5.74, 6) is 0. The Bertz CT molecular complexity index is 500. The number of anilines is 1.